The minimum atomic E-state index is 1.26. The Morgan fingerprint density at radius 2 is 0.842 bits per heavy atom. The third kappa shape index (κ3) is 17.8. The molecule has 2 aromatic rings. The first-order chi connectivity index (χ1) is 18.8. The van der Waals surface area contributed by atoms with Gasteiger partial charge in [0.25, 0.3) is 0 Å². The average molecular weight is 589 g/mol. The Morgan fingerprint density at radius 1 is 0.474 bits per heavy atom. The summed E-state index contributed by atoms with van der Waals surface area (Å²) in [4.78, 5) is 2.68. The van der Waals surface area contributed by atoms with Crippen LogP contribution in [0.4, 0.5) is 0 Å². The maximum atomic E-state index is 2.29. The van der Waals surface area contributed by atoms with Gasteiger partial charge in [-0.2, -0.15) is 0 Å². The molecular formula is C34H52S4. The van der Waals surface area contributed by atoms with Gasteiger partial charge in [-0.05, 0) is 60.8 Å². The van der Waals surface area contributed by atoms with Gasteiger partial charge in [0, 0.05) is 9.75 Å². The van der Waals surface area contributed by atoms with E-state index in [9.17, 15) is 0 Å². The van der Waals surface area contributed by atoms with E-state index in [0.29, 0.717) is 0 Å². The van der Waals surface area contributed by atoms with Gasteiger partial charge in [0.05, 0.1) is 8.42 Å². The Labute approximate surface area is 251 Å². The second kappa shape index (κ2) is 24.1. The van der Waals surface area contributed by atoms with Crippen molar-refractivity contribution >= 4 is 58.3 Å². The first kappa shape index (κ1) is 33.5. The standard InChI is InChI=1S/C34H52S4/c1-3-5-7-9-11-13-17-21-29-35-33-27-25-31(37-33)23-19-15-16-20-24-32-26-28-34(38-32)36-30-22-18-14-12-10-8-6-4-2/h15-16,19-20,23-28H,3-14,17-18,21-22,29-30H2,1-2H3/b16-15+,23-19+,24-20+. The van der Waals surface area contributed by atoms with Gasteiger partial charge in [-0.15, -0.1) is 46.2 Å². The van der Waals surface area contributed by atoms with Gasteiger partial charge in [-0.1, -0.05) is 128 Å². The first-order valence-corrected chi connectivity index (χ1v) is 18.9. The minimum Gasteiger partial charge on any atom is -0.129 e. The highest BCUT2D eigenvalue weighted by atomic mass is 32.2. The summed E-state index contributed by atoms with van der Waals surface area (Å²) in [5, 5.41) is 0. The van der Waals surface area contributed by atoms with Crippen molar-refractivity contribution in [1.29, 1.82) is 0 Å². The summed E-state index contributed by atoms with van der Waals surface area (Å²) < 4.78 is 2.90. The summed E-state index contributed by atoms with van der Waals surface area (Å²) in [6.45, 7) is 4.58. The van der Waals surface area contributed by atoms with Crippen LogP contribution in [-0.4, -0.2) is 11.5 Å². The number of rotatable bonds is 24. The molecule has 38 heavy (non-hydrogen) atoms. The molecule has 0 fully saturated rings. The van der Waals surface area contributed by atoms with Gasteiger partial charge in [0.2, 0.25) is 0 Å². The van der Waals surface area contributed by atoms with Crippen LogP contribution in [0.15, 0.2) is 57.0 Å². The zero-order valence-corrected chi connectivity index (χ0v) is 27.4. The molecule has 0 saturated heterocycles. The van der Waals surface area contributed by atoms with Crippen molar-refractivity contribution in [3.63, 3.8) is 0 Å². The number of thioether (sulfide) groups is 2. The quantitative estimate of drug-likeness (QED) is 0.0679. The molecule has 0 atom stereocenters. The molecule has 0 aliphatic rings. The number of unbranched alkanes of at least 4 members (excludes halogenated alkanes) is 14. The third-order valence-corrected chi connectivity index (χ3v) is 11.3. The zero-order valence-electron chi connectivity index (χ0n) is 24.1. The third-order valence-electron chi connectivity index (χ3n) is 6.54. The molecule has 0 unspecified atom stereocenters. The summed E-state index contributed by atoms with van der Waals surface area (Å²) in [7, 11) is 0. The molecule has 2 heterocycles. The minimum absolute atomic E-state index is 1.26. The van der Waals surface area contributed by atoms with E-state index in [1.165, 1.54) is 132 Å². The summed E-state index contributed by atoms with van der Waals surface area (Å²) in [6, 6.07) is 9.06. The first-order valence-electron chi connectivity index (χ1n) is 15.3. The van der Waals surface area contributed by atoms with Crippen LogP contribution < -0.4 is 0 Å². The van der Waals surface area contributed by atoms with Crippen molar-refractivity contribution in [2.45, 2.75) is 125 Å². The fourth-order valence-electron chi connectivity index (χ4n) is 4.25. The van der Waals surface area contributed by atoms with Crippen LogP contribution in [0.2, 0.25) is 0 Å². The maximum absolute atomic E-state index is 2.29. The second-order valence-corrected chi connectivity index (χ2v) is 15.1. The van der Waals surface area contributed by atoms with E-state index in [1.54, 1.807) is 0 Å². The van der Waals surface area contributed by atoms with E-state index in [4.69, 9.17) is 0 Å². The normalized spacial score (nSPS) is 12.2. The van der Waals surface area contributed by atoms with Gasteiger partial charge in [-0.3, -0.25) is 0 Å². The van der Waals surface area contributed by atoms with Crippen molar-refractivity contribution in [2.75, 3.05) is 11.5 Å². The molecule has 0 aromatic carbocycles. The van der Waals surface area contributed by atoms with Crippen LogP contribution in [0.1, 0.15) is 126 Å². The molecular weight excluding hydrogens is 537 g/mol. The molecule has 2 rings (SSSR count). The van der Waals surface area contributed by atoms with E-state index in [0.717, 1.165) is 0 Å². The molecule has 212 valence electrons. The number of hydrogen-bond donors (Lipinski definition) is 0. The van der Waals surface area contributed by atoms with Crippen molar-refractivity contribution in [1.82, 2.24) is 0 Å². The van der Waals surface area contributed by atoms with Crippen molar-refractivity contribution in [3.05, 3.63) is 58.3 Å². The lowest BCUT2D eigenvalue weighted by atomic mass is 10.1. The molecule has 0 N–H and O–H groups in total. The van der Waals surface area contributed by atoms with Crippen LogP contribution in [0.3, 0.4) is 0 Å². The van der Waals surface area contributed by atoms with E-state index >= 15 is 0 Å². The molecule has 0 radical (unpaired) electrons. The Balaban J connectivity index is 1.52. The lowest BCUT2D eigenvalue weighted by Gasteiger charge is -2.01. The fraction of sp³-hybridized carbons (Fsp3) is 0.588. The van der Waals surface area contributed by atoms with Crippen LogP contribution >= 0.6 is 46.2 Å². The van der Waals surface area contributed by atoms with Gasteiger partial charge in [0.1, 0.15) is 0 Å². The highest BCUT2D eigenvalue weighted by Crippen LogP contribution is 2.30. The molecule has 4 heteroatoms. The molecule has 0 amide bonds. The predicted octanol–water partition coefficient (Wildman–Crippen LogP) is 13.6. The fourth-order valence-corrected chi connectivity index (χ4v) is 8.53. The molecule has 0 aliphatic carbocycles. The highest BCUT2D eigenvalue weighted by molar-refractivity contribution is 8.01. The Morgan fingerprint density at radius 3 is 1.24 bits per heavy atom. The summed E-state index contributed by atoms with van der Waals surface area (Å²) in [6.07, 6.45) is 35.4. The van der Waals surface area contributed by atoms with Gasteiger partial charge in [0.15, 0.2) is 0 Å². The lowest BCUT2D eigenvalue weighted by molar-refractivity contribution is 0.586. The monoisotopic (exact) mass is 588 g/mol. The number of thiophene rings is 2. The van der Waals surface area contributed by atoms with E-state index in [1.807, 2.05) is 46.2 Å². The second-order valence-electron chi connectivity index (χ2n) is 10.1. The smallest absolute Gasteiger partial charge is 0.0604 e. The van der Waals surface area contributed by atoms with Crippen LogP contribution in [-0.2, 0) is 0 Å². The van der Waals surface area contributed by atoms with Crippen LogP contribution in [0, 0.1) is 0 Å². The lowest BCUT2D eigenvalue weighted by Crippen LogP contribution is -1.82. The predicted molar refractivity (Wildman–Crippen MR) is 183 cm³/mol. The van der Waals surface area contributed by atoms with Gasteiger partial charge >= 0.3 is 0 Å². The topological polar surface area (TPSA) is 0 Å². The molecule has 0 nitrogen and oxygen atoms in total. The largest absolute Gasteiger partial charge is 0.129 e. The van der Waals surface area contributed by atoms with E-state index < -0.39 is 0 Å². The Hall–Kier alpha value is -0.680. The zero-order chi connectivity index (χ0) is 26.9. The van der Waals surface area contributed by atoms with Crippen molar-refractivity contribution in [3.8, 4) is 0 Å². The molecule has 2 aromatic heterocycles. The van der Waals surface area contributed by atoms with E-state index in [2.05, 4.69) is 74.6 Å². The molecule has 0 spiro atoms. The summed E-state index contributed by atoms with van der Waals surface area (Å²) in [5.41, 5.74) is 0. The Bertz CT molecular complexity index is 814. The van der Waals surface area contributed by atoms with Crippen LogP contribution in [0.5, 0.6) is 0 Å². The molecule has 0 saturated carbocycles. The van der Waals surface area contributed by atoms with E-state index in [-0.39, 0.29) is 0 Å². The SMILES string of the molecule is CCCCCCCCCCSc1ccc(/C=C/C=C/C=C/c2ccc(SCCCCCCCCCC)s2)s1. The molecule has 0 aliphatic heterocycles. The number of hydrogen-bond acceptors (Lipinski definition) is 4. The van der Waals surface area contributed by atoms with Crippen molar-refractivity contribution < 1.29 is 0 Å². The Kier molecular flexibility index (Phi) is 21.3. The summed E-state index contributed by atoms with van der Waals surface area (Å²) in [5.74, 6) is 2.51. The van der Waals surface area contributed by atoms with Crippen LogP contribution in [0.25, 0.3) is 12.2 Å². The average Bonchev–Trinajstić information content (AvgIpc) is 3.58. The molecule has 0 bridgehead atoms. The maximum Gasteiger partial charge on any atom is 0.0604 e. The summed E-state index contributed by atoms with van der Waals surface area (Å²) >= 11 is 7.88. The van der Waals surface area contributed by atoms with Gasteiger partial charge < -0.3 is 0 Å². The van der Waals surface area contributed by atoms with Gasteiger partial charge in [-0.25, -0.2) is 0 Å². The number of allylic oxidation sites excluding steroid dienone is 4. The highest BCUT2D eigenvalue weighted by Gasteiger charge is 2.00. The van der Waals surface area contributed by atoms with Crippen molar-refractivity contribution in [2.24, 2.45) is 0 Å².